The van der Waals surface area contributed by atoms with Crippen LogP contribution in [0.5, 0.6) is 0 Å². The fourth-order valence-corrected chi connectivity index (χ4v) is 2.73. The third-order valence-corrected chi connectivity index (χ3v) is 3.87. The number of hydrogen-bond acceptors (Lipinski definition) is 2. The van der Waals surface area contributed by atoms with Crippen LogP contribution in [-0.2, 0) is 9.59 Å². The number of amides is 2. The number of nitrogens with zero attached hydrogens (tertiary/aromatic N) is 2. The molecule has 1 heterocycles. The Kier molecular flexibility index (Phi) is 4.66. The maximum Gasteiger partial charge on any atom is 0.249 e. The number of hydrogen-bond donors (Lipinski definition) is 0. The lowest BCUT2D eigenvalue weighted by atomic mass is 10.1. The van der Waals surface area contributed by atoms with E-state index in [1.54, 1.807) is 9.80 Å². The molecular formula is C17H24N2O2. The SMILES string of the molecule is Cc1cccc(N2CCN(C(=O)CC(C)C)C(C)C2=O)c1. The molecule has 4 heteroatoms. The van der Waals surface area contributed by atoms with E-state index in [-0.39, 0.29) is 17.9 Å². The minimum absolute atomic E-state index is 0.00366. The molecule has 1 aromatic rings. The molecule has 1 aliphatic heterocycles. The normalized spacial score (nSPS) is 19.3. The zero-order valence-corrected chi connectivity index (χ0v) is 13.3. The first-order valence-electron chi connectivity index (χ1n) is 7.57. The van der Waals surface area contributed by atoms with Crippen molar-refractivity contribution in [2.75, 3.05) is 18.0 Å². The molecule has 1 aromatic carbocycles. The van der Waals surface area contributed by atoms with Crippen molar-refractivity contribution in [3.63, 3.8) is 0 Å². The van der Waals surface area contributed by atoms with E-state index in [4.69, 9.17) is 0 Å². The van der Waals surface area contributed by atoms with Crippen molar-refractivity contribution in [2.24, 2.45) is 5.92 Å². The van der Waals surface area contributed by atoms with E-state index in [0.717, 1.165) is 11.3 Å². The van der Waals surface area contributed by atoms with Crippen molar-refractivity contribution < 1.29 is 9.59 Å². The van der Waals surface area contributed by atoms with E-state index < -0.39 is 0 Å². The fourth-order valence-electron chi connectivity index (χ4n) is 2.73. The molecule has 1 fully saturated rings. The first-order chi connectivity index (χ1) is 9.90. The number of benzene rings is 1. The third-order valence-electron chi connectivity index (χ3n) is 3.87. The maximum absolute atomic E-state index is 12.6. The summed E-state index contributed by atoms with van der Waals surface area (Å²) in [7, 11) is 0. The number of piperazine rings is 1. The molecule has 0 saturated carbocycles. The number of aryl methyl sites for hydroxylation is 1. The van der Waals surface area contributed by atoms with Crippen LogP contribution in [0.3, 0.4) is 0 Å². The van der Waals surface area contributed by atoms with E-state index in [0.29, 0.717) is 25.4 Å². The highest BCUT2D eigenvalue weighted by molar-refractivity contribution is 6.00. The standard InChI is InChI=1S/C17H24N2O2/c1-12(2)10-16(20)18-8-9-19(17(21)14(18)4)15-7-5-6-13(3)11-15/h5-7,11-12,14H,8-10H2,1-4H3. The van der Waals surface area contributed by atoms with Gasteiger partial charge < -0.3 is 9.80 Å². The van der Waals surface area contributed by atoms with Gasteiger partial charge in [-0.15, -0.1) is 0 Å². The molecule has 0 radical (unpaired) electrons. The third kappa shape index (κ3) is 3.43. The van der Waals surface area contributed by atoms with Crippen molar-refractivity contribution in [1.82, 2.24) is 4.90 Å². The van der Waals surface area contributed by atoms with Gasteiger partial charge in [0.15, 0.2) is 0 Å². The van der Waals surface area contributed by atoms with Gasteiger partial charge in [0, 0.05) is 25.2 Å². The van der Waals surface area contributed by atoms with Crippen molar-refractivity contribution in [3.05, 3.63) is 29.8 Å². The van der Waals surface area contributed by atoms with Crippen LogP contribution in [0.1, 0.15) is 32.8 Å². The van der Waals surface area contributed by atoms with Crippen molar-refractivity contribution in [3.8, 4) is 0 Å². The van der Waals surface area contributed by atoms with E-state index >= 15 is 0 Å². The van der Waals surface area contributed by atoms with E-state index in [9.17, 15) is 9.59 Å². The van der Waals surface area contributed by atoms with Gasteiger partial charge in [0.1, 0.15) is 6.04 Å². The lowest BCUT2D eigenvalue weighted by Crippen LogP contribution is -2.57. The van der Waals surface area contributed by atoms with Gasteiger partial charge in [-0.3, -0.25) is 9.59 Å². The molecule has 0 N–H and O–H groups in total. The molecular weight excluding hydrogens is 264 g/mol. The number of carbonyl (C=O) groups excluding carboxylic acids is 2. The molecule has 114 valence electrons. The van der Waals surface area contributed by atoms with Crippen LogP contribution in [0.25, 0.3) is 0 Å². The molecule has 1 unspecified atom stereocenters. The molecule has 1 aliphatic rings. The highest BCUT2D eigenvalue weighted by Crippen LogP contribution is 2.22. The molecule has 4 nitrogen and oxygen atoms in total. The van der Waals surface area contributed by atoms with Gasteiger partial charge in [-0.1, -0.05) is 26.0 Å². The average molecular weight is 288 g/mol. The van der Waals surface area contributed by atoms with E-state index in [2.05, 4.69) is 0 Å². The van der Waals surface area contributed by atoms with Crippen LogP contribution in [0.2, 0.25) is 0 Å². The lowest BCUT2D eigenvalue weighted by molar-refractivity contribution is -0.141. The molecule has 0 spiro atoms. The molecule has 0 aliphatic carbocycles. The summed E-state index contributed by atoms with van der Waals surface area (Å²) in [5.41, 5.74) is 2.05. The minimum Gasteiger partial charge on any atom is -0.329 e. The number of rotatable bonds is 3. The summed E-state index contributed by atoms with van der Waals surface area (Å²) in [6.45, 7) is 9.05. The Bertz CT molecular complexity index is 539. The van der Waals surface area contributed by atoms with Crippen LogP contribution in [0.15, 0.2) is 24.3 Å². The zero-order valence-electron chi connectivity index (χ0n) is 13.3. The van der Waals surface area contributed by atoms with Gasteiger partial charge in [0.05, 0.1) is 0 Å². The second-order valence-corrected chi connectivity index (χ2v) is 6.19. The van der Waals surface area contributed by atoms with Crippen LogP contribution >= 0.6 is 0 Å². The summed E-state index contributed by atoms with van der Waals surface area (Å²) >= 11 is 0. The second kappa shape index (κ2) is 6.29. The minimum atomic E-state index is -0.384. The van der Waals surface area contributed by atoms with Gasteiger partial charge in [0.25, 0.3) is 0 Å². The Hall–Kier alpha value is -1.84. The van der Waals surface area contributed by atoms with Crippen molar-refractivity contribution in [1.29, 1.82) is 0 Å². The molecule has 1 atom stereocenters. The summed E-state index contributed by atoms with van der Waals surface area (Å²) in [5.74, 6) is 0.397. The van der Waals surface area contributed by atoms with Crippen LogP contribution < -0.4 is 4.90 Å². The van der Waals surface area contributed by atoms with Gasteiger partial charge in [0.2, 0.25) is 11.8 Å². The first-order valence-corrected chi connectivity index (χ1v) is 7.57. The quantitative estimate of drug-likeness (QED) is 0.858. The highest BCUT2D eigenvalue weighted by atomic mass is 16.2. The molecule has 0 aromatic heterocycles. The summed E-state index contributed by atoms with van der Waals surface area (Å²) in [4.78, 5) is 28.3. The second-order valence-electron chi connectivity index (χ2n) is 6.19. The Labute approximate surface area is 126 Å². The van der Waals surface area contributed by atoms with Gasteiger partial charge in [-0.05, 0) is 37.5 Å². The van der Waals surface area contributed by atoms with E-state index in [1.807, 2.05) is 52.0 Å². The fraction of sp³-hybridized carbons (Fsp3) is 0.529. The van der Waals surface area contributed by atoms with Gasteiger partial charge in [-0.2, -0.15) is 0 Å². The molecule has 1 saturated heterocycles. The largest absolute Gasteiger partial charge is 0.329 e. The summed E-state index contributed by atoms with van der Waals surface area (Å²) in [5, 5.41) is 0. The van der Waals surface area contributed by atoms with Crippen molar-refractivity contribution >= 4 is 17.5 Å². The van der Waals surface area contributed by atoms with Gasteiger partial charge in [-0.25, -0.2) is 0 Å². The predicted octanol–water partition coefficient (Wildman–Crippen LogP) is 2.60. The summed E-state index contributed by atoms with van der Waals surface area (Å²) < 4.78 is 0. The number of carbonyl (C=O) groups is 2. The molecule has 2 rings (SSSR count). The van der Waals surface area contributed by atoms with Crippen LogP contribution in [0, 0.1) is 12.8 Å². The monoisotopic (exact) mass is 288 g/mol. The Balaban J connectivity index is 2.13. The molecule has 0 bridgehead atoms. The average Bonchev–Trinajstić information content (AvgIpc) is 2.40. The molecule has 2 amide bonds. The lowest BCUT2D eigenvalue weighted by Gasteiger charge is -2.39. The predicted molar refractivity (Wildman–Crippen MR) is 84.2 cm³/mol. The Morgan fingerprint density at radius 1 is 1.33 bits per heavy atom. The summed E-state index contributed by atoms with van der Waals surface area (Å²) in [6.07, 6.45) is 0.502. The van der Waals surface area contributed by atoms with E-state index in [1.165, 1.54) is 0 Å². The first kappa shape index (κ1) is 15.5. The molecule has 21 heavy (non-hydrogen) atoms. The Morgan fingerprint density at radius 3 is 2.67 bits per heavy atom. The van der Waals surface area contributed by atoms with Crippen LogP contribution in [-0.4, -0.2) is 35.8 Å². The maximum atomic E-state index is 12.6. The van der Waals surface area contributed by atoms with Crippen molar-refractivity contribution in [2.45, 2.75) is 40.2 Å². The Morgan fingerprint density at radius 2 is 2.05 bits per heavy atom. The van der Waals surface area contributed by atoms with Gasteiger partial charge >= 0.3 is 0 Å². The highest BCUT2D eigenvalue weighted by Gasteiger charge is 2.34. The smallest absolute Gasteiger partial charge is 0.249 e. The topological polar surface area (TPSA) is 40.6 Å². The number of anilines is 1. The zero-order chi connectivity index (χ0) is 15.6. The summed E-state index contributed by atoms with van der Waals surface area (Å²) in [6, 6.07) is 7.54. The van der Waals surface area contributed by atoms with Crippen LogP contribution in [0.4, 0.5) is 5.69 Å².